The van der Waals surface area contributed by atoms with Gasteiger partial charge in [0.1, 0.15) is 5.56 Å². The number of halogens is 2. The molecule has 1 unspecified atom stereocenters. The molecule has 0 saturated heterocycles. The molecule has 22 heavy (non-hydrogen) atoms. The Hall–Kier alpha value is -1.82. The van der Waals surface area contributed by atoms with Crippen LogP contribution >= 0.6 is 23.2 Å². The van der Waals surface area contributed by atoms with E-state index in [1.807, 2.05) is 0 Å². The molecule has 1 atom stereocenters. The first-order valence-electron chi connectivity index (χ1n) is 6.50. The monoisotopic (exact) mass is 340 g/mol. The molecule has 0 spiro atoms. The average Bonchev–Trinajstić information content (AvgIpc) is 2.44. The number of hydrogen-bond donors (Lipinski definition) is 3. The Morgan fingerprint density at radius 2 is 1.91 bits per heavy atom. The molecule has 1 aromatic carbocycles. The van der Waals surface area contributed by atoms with Crippen molar-refractivity contribution in [1.82, 2.24) is 10.3 Å². The number of pyridine rings is 1. The summed E-state index contributed by atoms with van der Waals surface area (Å²) in [5.41, 5.74) is 0.485. The number of nitrogens with one attached hydrogen (secondary N) is 2. The number of benzene rings is 1. The van der Waals surface area contributed by atoms with Gasteiger partial charge in [-0.05, 0) is 31.2 Å². The maximum absolute atomic E-state index is 12.0. The van der Waals surface area contributed by atoms with E-state index in [4.69, 9.17) is 23.2 Å². The molecule has 1 aromatic heterocycles. The third kappa shape index (κ3) is 3.68. The van der Waals surface area contributed by atoms with Gasteiger partial charge in [-0.1, -0.05) is 29.3 Å². The summed E-state index contributed by atoms with van der Waals surface area (Å²) >= 11 is 12.0. The van der Waals surface area contributed by atoms with Crippen LogP contribution in [0.2, 0.25) is 10.0 Å². The Kier molecular flexibility index (Phi) is 5.24. The van der Waals surface area contributed by atoms with Gasteiger partial charge in [-0.15, -0.1) is 0 Å². The fourth-order valence-electron chi connectivity index (χ4n) is 1.97. The predicted octanol–water partition coefficient (Wildman–Crippen LogP) is 2.45. The van der Waals surface area contributed by atoms with Crippen LogP contribution in [0.15, 0.2) is 35.1 Å². The molecule has 0 aliphatic carbocycles. The number of aliphatic hydroxyl groups excluding tert-OH is 1. The van der Waals surface area contributed by atoms with Gasteiger partial charge in [0.05, 0.1) is 6.10 Å². The summed E-state index contributed by atoms with van der Waals surface area (Å²) in [5.74, 6) is -0.580. The number of aromatic nitrogens is 1. The lowest BCUT2D eigenvalue weighted by molar-refractivity contribution is 0.0915. The van der Waals surface area contributed by atoms with Crippen molar-refractivity contribution in [2.75, 3.05) is 6.54 Å². The molecule has 7 heteroatoms. The summed E-state index contributed by atoms with van der Waals surface area (Å²) < 4.78 is 0. The van der Waals surface area contributed by atoms with Crippen molar-refractivity contribution in [3.05, 3.63) is 67.6 Å². The van der Waals surface area contributed by atoms with E-state index in [0.717, 1.165) is 0 Å². The number of carbonyl (C=O) groups excluding carboxylic acids is 1. The van der Waals surface area contributed by atoms with Gasteiger partial charge >= 0.3 is 0 Å². The van der Waals surface area contributed by atoms with Crippen LogP contribution in [0, 0.1) is 6.92 Å². The van der Waals surface area contributed by atoms with Gasteiger partial charge in [-0.25, -0.2) is 0 Å². The van der Waals surface area contributed by atoms with E-state index in [0.29, 0.717) is 21.3 Å². The predicted molar refractivity (Wildman–Crippen MR) is 85.6 cm³/mol. The number of amides is 1. The number of H-pyrrole nitrogens is 1. The fraction of sp³-hybridized carbons (Fsp3) is 0.200. The molecular formula is C15H14Cl2N2O3. The van der Waals surface area contributed by atoms with Crippen molar-refractivity contribution in [2.45, 2.75) is 13.0 Å². The van der Waals surface area contributed by atoms with Crippen molar-refractivity contribution < 1.29 is 9.90 Å². The lowest BCUT2D eigenvalue weighted by Crippen LogP contribution is -2.32. The number of hydrogen-bond acceptors (Lipinski definition) is 3. The van der Waals surface area contributed by atoms with Gasteiger partial charge in [0.15, 0.2) is 0 Å². The van der Waals surface area contributed by atoms with Crippen molar-refractivity contribution in [3.63, 3.8) is 0 Å². The zero-order chi connectivity index (χ0) is 16.3. The number of aromatic amines is 1. The Balaban J connectivity index is 2.09. The number of aliphatic hydroxyl groups is 1. The highest BCUT2D eigenvalue weighted by molar-refractivity contribution is 6.36. The van der Waals surface area contributed by atoms with Gasteiger partial charge in [-0.2, -0.15) is 0 Å². The molecule has 0 bridgehead atoms. The van der Waals surface area contributed by atoms with E-state index in [1.165, 1.54) is 6.07 Å². The molecule has 3 N–H and O–H groups in total. The molecule has 116 valence electrons. The van der Waals surface area contributed by atoms with Crippen LogP contribution in [-0.2, 0) is 0 Å². The molecule has 0 radical (unpaired) electrons. The van der Waals surface area contributed by atoms with E-state index in [2.05, 4.69) is 10.3 Å². The van der Waals surface area contributed by atoms with Crippen LogP contribution in [0.1, 0.15) is 27.7 Å². The highest BCUT2D eigenvalue weighted by Gasteiger charge is 2.17. The molecule has 1 amide bonds. The molecule has 2 aromatic rings. The molecule has 1 heterocycles. The van der Waals surface area contributed by atoms with Crippen LogP contribution in [-0.4, -0.2) is 22.5 Å². The third-order valence-corrected chi connectivity index (χ3v) is 3.75. The van der Waals surface area contributed by atoms with Crippen LogP contribution in [0.25, 0.3) is 0 Å². The van der Waals surface area contributed by atoms with E-state index in [-0.39, 0.29) is 12.1 Å². The zero-order valence-corrected chi connectivity index (χ0v) is 13.2. The van der Waals surface area contributed by atoms with E-state index in [1.54, 1.807) is 31.2 Å². The maximum Gasteiger partial charge on any atom is 0.260 e. The molecule has 0 saturated carbocycles. The lowest BCUT2D eigenvalue weighted by atomic mass is 10.1. The molecule has 0 aliphatic heterocycles. The highest BCUT2D eigenvalue weighted by Crippen LogP contribution is 2.29. The first-order chi connectivity index (χ1) is 10.4. The minimum atomic E-state index is -1.07. The standard InChI is InChI=1S/C15H14Cl2N2O3/c1-8-5-6-9(15(22)19-8)14(21)18-7-12(20)13-10(16)3-2-4-11(13)17/h2-6,12,20H,7H2,1H3,(H,18,21)(H,19,22). The number of aryl methyl sites for hydroxylation is 1. The summed E-state index contributed by atoms with van der Waals surface area (Å²) in [6.45, 7) is 1.60. The Labute approximate surface area is 136 Å². The first kappa shape index (κ1) is 16.5. The number of carbonyl (C=O) groups is 1. The zero-order valence-electron chi connectivity index (χ0n) is 11.7. The average molecular weight is 341 g/mol. The topological polar surface area (TPSA) is 82.2 Å². The van der Waals surface area contributed by atoms with E-state index < -0.39 is 17.6 Å². The van der Waals surface area contributed by atoms with Gasteiger partial charge < -0.3 is 15.4 Å². The molecule has 0 fully saturated rings. The Morgan fingerprint density at radius 3 is 2.50 bits per heavy atom. The van der Waals surface area contributed by atoms with Gasteiger partial charge in [-0.3, -0.25) is 9.59 Å². The Morgan fingerprint density at radius 1 is 1.27 bits per heavy atom. The summed E-state index contributed by atoms with van der Waals surface area (Å²) in [7, 11) is 0. The maximum atomic E-state index is 12.0. The second-order valence-electron chi connectivity index (χ2n) is 4.75. The van der Waals surface area contributed by atoms with Crippen molar-refractivity contribution in [3.8, 4) is 0 Å². The largest absolute Gasteiger partial charge is 0.386 e. The number of rotatable bonds is 4. The van der Waals surface area contributed by atoms with Crippen LogP contribution < -0.4 is 10.9 Å². The van der Waals surface area contributed by atoms with Crippen molar-refractivity contribution in [1.29, 1.82) is 0 Å². The first-order valence-corrected chi connectivity index (χ1v) is 7.26. The van der Waals surface area contributed by atoms with E-state index >= 15 is 0 Å². The molecule has 0 aliphatic rings. The Bertz CT molecular complexity index is 738. The minimum absolute atomic E-state index is 0.0249. The minimum Gasteiger partial charge on any atom is -0.386 e. The van der Waals surface area contributed by atoms with Crippen LogP contribution in [0.4, 0.5) is 0 Å². The van der Waals surface area contributed by atoms with Gasteiger partial charge in [0, 0.05) is 27.8 Å². The van der Waals surface area contributed by atoms with Crippen molar-refractivity contribution >= 4 is 29.1 Å². The molecular weight excluding hydrogens is 327 g/mol. The SMILES string of the molecule is Cc1ccc(C(=O)NCC(O)c2c(Cl)cccc2Cl)c(=O)[nH]1. The third-order valence-electron chi connectivity index (χ3n) is 3.09. The summed E-state index contributed by atoms with van der Waals surface area (Å²) in [6.07, 6.45) is -1.07. The van der Waals surface area contributed by atoms with E-state index in [9.17, 15) is 14.7 Å². The van der Waals surface area contributed by atoms with Gasteiger partial charge in [0.25, 0.3) is 11.5 Å². The van der Waals surface area contributed by atoms with Crippen molar-refractivity contribution in [2.24, 2.45) is 0 Å². The van der Waals surface area contributed by atoms with Gasteiger partial charge in [0.2, 0.25) is 0 Å². The molecule has 2 rings (SSSR count). The normalized spacial score (nSPS) is 12.0. The molecule has 5 nitrogen and oxygen atoms in total. The second-order valence-corrected chi connectivity index (χ2v) is 5.56. The second kappa shape index (κ2) is 6.96. The smallest absolute Gasteiger partial charge is 0.260 e. The fourth-order valence-corrected chi connectivity index (χ4v) is 2.62. The lowest BCUT2D eigenvalue weighted by Gasteiger charge is -2.15. The summed E-state index contributed by atoms with van der Waals surface area (Å²) in [5, 5.41) is 13.2. The summed E-state index contributed by atoms with van der Waals surface area (Å²) in [6, 6.07) is 7.90. The van der Waals surface area contributed by atoms with Crippen LogP contribution in [0.3, 0.4) is 0 Å². The quantitative estimate of drug-likeness (QED) is 0.799. The highest BCUT2D eigenvalue weighted by atomic mass is 35.5. The van der Waals surface area contributed by atoms with Crippen LogP contribution in [0.5, 0.6) is 0 Å². The summed E-state index contributed by atoms with van der Waals surface area (Å²) in [4.78, 5) is 26.2.